The molecule has 1 aromatic rings. The van der Waals surface area contributed by atoms with E-state index >= 15 is 0 Å². The molecule has 1 saturated heterocycles. The lowest BCUT2D eigenvalue weighted by Crippen LogP contribution is -2.35. The third-order valence-corrected chi connectivity index (χ3v) is 4.69. The Labute approximate surface area is 122 Å². The number of halogens is 1. The fourth-order valence-corrected chi connectivity index (χ4v) is 3.23. The molecular formula is C15H20BrNO2. The highest BCUT2D eigenvalue weighted by Crippen LogP contribution is 2.30. The number of aromatic carboxylic acids is 1. The second kappa shape index (κ2) is 5.95. The molecule has 1 aliphatic rings. The van der Waals surface area contributed by atoms with Gasteiger partial charge in [-0.1, -0.05) is 13.8 Å². The van der Waals surface area contributed by atoms with Gasteiger partial charge in [0.05, 0.1) is 5.56 Å². The first kappa shape index (κ1) is 14.4. The molecule has 3 nitrogen and oxygen atoms in total. The molecule has 1 aromatic carbocycles. The molecule has 0 unspecified atom stereocenters. The Morgan fingerprint density at radius 2 is 2.00 bits per heavy atom. The van der Waals surface area contributed by atoms with Crippen LogP contribution in [0.4, 0.5) is 5.69 Å². The average molecular weight is 326 g/mol. The second-order valence-electron chi connectivity index (χ2n) is 5.54. The maximum Gasteiger partial charge on any atom is 0.336 e. The van der Waals surface area contributed by atoms with Crippen LogP contribution >= 0.6 is 15.9 Å². The zero-order chi connectivity index (χ0) is 14.0. The van der Waals surface area contributed by atoms with Crippen molar-refractivity contribution < 1.29 is 9.90 Å². The Hall–Kier alpha value is -1.03. The van der Waals surface area contributed by atoms with Crippen molar-refractivity contribution in [3.05, 3.63) is 28.2 Å². The first-order valence-corrected chi connectivity index (χ1v) is 7.56. The first-order chi connectivity index (χ1) is 8.99. The minimum Gasteiger partial charge on any atom is -0.478 e. The fourth-order valence-electron chi connectivity index (χ4n) is 2.70. The maximum atomic E-state index is 11.0. The summed E-state index contributed by atoms with van der Waals surface area (Å²) >= 11 is 3.34. The van der Waals surface area contributed by atoms with Crippen LogP contribution in [0.3, 0.4) is 0 Å². The van der Waals surface area contributed by atoms with E-state index in [1.54, 1.807) is 6.07 Å². The molecule has 1 N–H and O–H groups in total. The molecule has 0 aromatic heterocycles. The molecule has 104 valence electrons. The van der Waals surface area contributed by atoms with Gasteiger partial charge in [-0.05, 0) is 58.8 Å². The summed E-state index contributed by atoms with van der Waals surface area (Å²) in [6.45, 7) is 6.69. The Morgan fingerprint density at radius 3 is 2.47 bits per heavy atom. The smallest absolute Gasteiger partial charge is 0.336 e. The van der Waals surface area contributed by atoms with Gasteiger partial charge in [0.2, 0.25) is 0 Å². The van der Waals surface area contributed by atoms with Crippen LogP contribution in [0.1, 0.15) is 37.0 Å². The third kappa shape index (κ3) is 3.30. The van der Waals surface area contributed by atoms with Crippen molar-refractivity contribution in [3.8, 4) is 0 Å². The van der Waals surface area contributed by atoms with Crippen LogP contribution in [-0.4, -0.2) is 24.2 Å². The molecular weight excluding hydrogens is 306 g/mol. The molecule has 1 heterocycles. The van der Waals surface area contributed by atoms with E-state index in [9.17, 15) is 4.79 Å². The van der Waals surface area contributed by atoms with Crippen molar-refractivity contribution in [3.63, 3.8) is 0 Å². The van der Waals surface area contributed by atoms with E-state index in [0.717, 1.165) is 30.6 Å². The molecule has 0 aliphatic carbocycles. The Kier molecular flexibility index (Phi) is 4.50. The van der Waals surface area contributed by atoms with Crippen LogP contribution in [-0.2, 0) is 0 Å². The SMILES string of the molecule is CC(C)C1CCN(c2ccc(C(=O)O)c(Br)c2)CC1. The monoisotopic (exact) mass is 325 g/mol. The topological polar surface area (TPSA) is 40.5 Å². The highest BCUT2D eigenvalue weighted by atomic mass is 79.9. The number of hydrogen-bond donors (Lipinski definition) is 1. The molecule has 0 atom stereocenters. The number of carboxylic acids is 1. The van der Waals surface area contributed by atoms with Crippen molar-refractivity contribution in [1.82, 2.24) is 0 Å². The maximum absolute atomic E-state index is 11.0. The Bertz CT molecular complexity index is 465. The lowest BCUT2D eigenvalue weighted by molar-refractivity contribution is 0.0696. The fraction of sp³-hybridized carbons (Fsp3) is 0.533. The van der Waals surface area contributed by atoms with E-state index < -0.39 is 5.97 Å². The predicted molar refractivity (Wildman–Crippen MR) is 80.9 cm³/mol. The van der Waals surface area contributed by atoms with E-state index in [-0.39, 0.29) is 0 Å². The highest BCUT2D eigenvalue weighted by Gasteiger charge is 2.22. The number of anilines is 1. The van der Waals surface area contributed by atoms with Crippen molar-refractivity contribution in [1.29, 1.82) is 0 Å². The summed E-state index contributed by atoms with van der Waals surface area (Å²) in [7, 11) is 0. The van der Waals surface area contributed by atoms with Crippen molar-refractivity contribution in [2.75, 3.05) is 18.0 Å². The van der Waals surface area contributed by atoms with Crippen LogP contribution in [0.15, 0.2) is 22.7 Å². The summed E-state index contributed by atoms with van der Waals surface area (Å²) in [5, 5.41) is 9.02. The molecule has 1 fully saturated rings. The summed E-state index contributed by atoms with van der Waals surface area (Å²) in [5.74, 6) is 0.679. The minimum atomic E-state index is -0.892. The summed E-state index contributed by atoms with van der Waals surface area (Å²) in [5.41, 5.74) is 1.43. The quantitative estimate of drug-likeness (QED) is 0.912. The summed E-state index contributed by atoms with van der Waals surface area (Å²) in [4.78, 5) is 13.3. The Balaban J connectivity index is 2.08. The van der Waals surface area contributed by atoms with Crippen LogP contribution in [0.2, 0.25) is 0 Å². The van der Waals surface area contributed by atoms with Gasteiger partial charge in [-0.2, -0.15) is 0 Å². The minimum absolute atomic E-state index is 0.320. The van der Waals surface area contributed by atoms with E-state index in [2.05, 4.69) is 34.7 Å². The molecule has 4 heteroatoms. The van der Waals surface area contributed by atoms with Crippen molar-refractivity contribution in [2.45, 2.75) is 26.7 Å². The van der Waals surface area contributed by atoms with Gasteiger partial charge in [0.1, 0.15) is 0 Å². The summed E-state index contributed by atoms with van der Waals surface area (Å²) in [6, 6.07) is 5.50. The third-order valence-electron chi connectivity index (χ3n) is 4.03. The van der Waals surface area contributed by atoms with Crippen molar-refractivity contribution >= 4 is 27.6 Å². The first-order valence-electron chi connectivity index (χ1n) is 6.77. The molecule has 0 radical (unpaired) electrons. The van der Waals surface area contributed by atoms with Gasteiger partial charge < -0.3 is 10.0 Å². The van der Waals surface area contributed by atoms with Crippen LogP contribution in [0.5, 0.6) is 0 Å². The lowest BCUT2D eigenvalue weighted by atomic mass is 9.86. The zero-order valence-corrected chi connectivity index (χ0v) is 13.0. The van der Waals surface area contributed by atoms with Crippen molar-refractivity contribution in [2.24, 2.45) is 11.8 Å². The molecule has 0 spiro atoms. The average Bonchev–Trinajstić information content (AvgIpc) is 2.38. The summed E-state index contributed by atoms with van der Waals surface area (Å²) < 4.78 is 0.656. The number of benzene rings is 1. The predicted octanol–water partition coefficient (Wildman–Crippen LogP) is 4.02. The highest BCUT2D eigenvalue weighted by molar-refractivity contribution is 9.10. The number of nitrogens with zero attached hydrogens (tertiary/aromatic N) is 1. The van der Waals surface area contributed by atoms with E-state index in [0.29, 0.717) is 10.0 Å². The number of carbonyl (C=O) groups is 1. The zero-order valence-electron chi connectivity index (χ0n) is 11.4. The normalized spacial score (nSPS) is 16.9. The van der Waals surface area contributed by atoms with Gasteiger partial charge in [-0.25, -0.2) is 4.79 Å². The number of carboxylic acid groups (broad SMARTS) is 1. The Morgan fingerprint density at radius 1 is 1.37 bits per heavy atom. The van der Waals surface area contributed by atoms with Crippen LogP contribution in [0.25, 0.3) is 0 Å². The van der Waals surface area contributed by atoms with E-state index in [4.69, 9.17) is 5.11 Å². The van der Waals surface area contributed by atoms with Gasteiger partial charge in [0, 0.05) is 23.2 Å². The summed E-state index contributed by atoms with van der Waals surface area (Å²) in [6.07, 6.45) is 2.44. The van der Waals surface area contributed by atoms with E-state index in [1.807, 2.05) is 12.1 Å². The van der Waals surface area contributed by atoms with E-state index in [1.165, 1.54) is 12.8 Å². The second-order valence-corrected chi connectivity index (χ2v) is 6.39. The molecule has 0 saturated carbocycles. The van der Waals surface area contributed by atoms with Crippen LogP contribution < -0.4 is 4.90 Å². The van der Waals surface area contributed by atoms with Gasteiger partial charge in [-0.15, -0.1) is 0 Å². The van der Waals surface area contributed by atoms with Gasteiger partial charge >= 0.3 is 5.97 Å². The molecule has 2 rings (SSSR count). The van der Waals surface area contributed by atoms with Gasteiger partial charge in [0.15, 0.2) is 0 Å². The van der Waals surface area contributed by atoms with Gasteiger partial charge in [-0.3, -0.25) is 0 Å². The molecule has 0 amide bonds. The lowest BCUT2D eigenvalue weighted by Gasteiger charge is -2.35. The standard InChI is InChI=1S/C15H20BrNO2/c1-10(2)11-5-7-17(8-6-11)12-3-4-13(15(18)19)14(16)9-12/h3-4,9-11H,5-8H2,1-2H3,(H,18,19). The number of rotatable bonds is 3. The van der Waals surface area contributed by atoms with Crippen LogP contribution in [0, 0.1) is 11.8 Å². The molecule has 0 bridgehead atoms. The van der Waals surface area contributed by atoms with Gasteiger partial charge in [0.25, 0.3) is 0 Å². The number of piperidine rings is 1. The number of hydrogen-bond acceptors (Lipinski definition) is 2. The molecule has 19 heavy (non-hydrogen) atoms. The largest absolute Gasteiger partial charge is 0.478 e. The molecule has 1 aliphatic heterocycles.